The highest BCUT2D eigenvalue weighted by Crippen LogP contribution is 2.09. The van der Waals surface area contributed by atoms with Crippen LogP contribution in [0.3, 0.4) is 0 Å². The molecule has 0 atom stereocenters. The number of rotatable bonds is 2. The molecule has 0 aliphatic rings. The van der Waals surface area contributed by atoms with E-state index in [-0.39, 0.29) is 0 Å². The van der Waals surface area contributed by atoms with Crippen LogP contribution in [0.25, 0.3) is 0 Å². The van der Waals surface area contributed by atoms with Gasteiger partial charge in [-0.15, -0.1) is 11.3 Å². The first-order chi connectivity index (χ1) is 7.45. The summed E-state index contributed by atoms with van der Waals surface area (Å²) in [5.41, 5.74) is 0. The van der Waals surface area contributed by atoms with Crippen LogP contribution in [0, 0.1) is 12.0 Å². The first-order valence-electron chi connectivity index (χ1n) is 4.67. The first-order valence-corrected chi connectivity index (χ1v) is 5.55. The maximum absolute atomic E-state index is 5.25. The molecule has 0 unspecified atom stereocenters. The van der Waals surface area contributed by atoms with Gasteiger partial charge in [0.25, 0.3) is 0 Å². The molecule has 0 amide bonds. The average Bonchev–Trinajstić information content (AvgIpc) is 2.79. The summed E-state index contributed by atoms with van der Waals surface area (Å²) in [6.07, 6.45) is 3.45. The quantitative estimate of drug-likeness (QED) is 0.697. The fourth-order valence-corrected chi connectivity index (χ4v) is 1.76. The Morgan fingerprint density at radius 1 is 1.07 bits per heavy atom. The van der Waals surface area contributed by atoms with Crippen LogP contribution in [0.5, 0.6) is 5.75 Å². The highest BCUT2D eigenvalue weighted by Gasteiger charge is 1.88. The number of benzene rings is 1. The van der Waals surface area contributed by atoms with E-state index >= 15 is 0 Å². The van der Waals surface area contributed by atoms with Gasteiger partial charge in [-0.05, 0) is 23.6 Å². The van der Waals surface area contributed by atoms with Gasteiger partial charge in [0.1, 0.15) is 11.9 Å². The normalized spacial score (nSPS) is 9.07. The molecule has 2 aromatic rings. The molecule has 0 radical (unpaired) electrons. The van der Waals surface area contributed by atoms with E-state index in [2.05, 4.69) is 23.5 Å². The Hall–Kier alpha value is -1.72. The van der Waals surface area contributed by atoms with Gasteiger partial charge in [0.05, 0.1) is 0 Å². The molecule has 0 fully saturated rings. The van der Waals surface area contributed by atoms with Gasteiger partial charge >= 0.3 is 0 Å². The van der Waals surface area contributed by atoms with E-state index in [0.717, 1.165) is 12.2 Å². The van der Waals surface area contributed by atoms with E-state index in [4.69, 9.17) is 4.74 Å². The number of ether oxygens (including phenoxy) is 1. The van der Waals surface area contributed by atoms with Crippen LogP contribution in [0.2, 0.25) is 0 Å². The Bertz CT molecular complexity index is 448. The molecule has 0 N–H and O–H groups in total. The molecule has 0 aliphatic heterocycles. The molecule has 0 saturated heterocycles. The Balaban J connectivity index is 1.86. The summed E-state index contributed by atoms with van der Waals surface area (Å²) < 4.78 is 5.25. The smallest absolute Gasteiger partial charge is 0.140 e. The van der Waals surface area contributed by atoms with Gasteiger partial charge in [0.15, 0.2) is 0 Å². The maximum atomic E-state index is 5.25. The van der Waals surface area contributed by atoms with Crippen molar-refractivity contribution in [2.24, 2.45) is 0 Å². The molecule has 2 rings (SSSR count). The molecule has 1 aromatic heterocycles. The fraction of sp³-hybridized carbons (Fsp3) is 0.0769. The monoisotopic (exact) mass is 214 g/mol. The van der Waals surface area contributed by atoms with Gasteiger partial charge in [-0.3, -0.25) is 0 Å². The minimum absolute atomic E-state index is 0.754. The number of thiophene rings is 1. The van der Waals surface area contributed by atoms with Gasteiger partial charge in [0, 0.05) is 11.3 Å². The van der Waals surface area contributed by atoms with Crippen molar-refractivity contribution < 1.29 is 4.74 Å². The predicted octanol–water partition coefficient (Wildman–Crippen LogP) is 3.33. The van der Waals surface area contributed by atoms with Gasteiger partial charge in [-0.2, -0.15) is 0 Å². The topological polar surface area (TPSA) is 9.23 Å². The Morgan fingerprint density at radius 3 is 2.67 bits per heavy atom. The molecular formula is C13H10OS. The SMILES string of the molecule is C(#COc1ccccc1)Cc1cccs1. The summed E-state index contributed by atoms with van der Waals surface area (Å²) in [6.45, 7) is 0. The van der Waals surface area contributed by atoms with Gasteiger partial charge in [-0.25, -0.2) is 0 Å². The second kappa shape index (κ2) is 5.23. The minimum Gasteiger partial charge on any atom is -0.408 e. The lowest BCUT2D eigenvalue weighted by Crippen LogP contribution is -1.82. The second-order valence-electron chi connectivity index (χ2n) is 2.95. The van der Waals surface area contributed by atoms with Crippen LogP contribution in [0.4, 0.5) is 0 Å². The lowest BCUT2D eigenvalue weighted by molar-refractivity contribution is 0.519. The zero-order valence-electron chi connectivity index (χ0n) is 8.14. The lowest BCUT2D eigenvalue weighted by Gasteiger charge is -1.93. The van der Waals surface area contributed by atoms with Gasteiger partial charge < -0.3 is 4.74 Å². The summed E-state index contributed by atoms with van der Waals surface area (Å²) in [6, 6.07) is 13.7. The molecule has 0 saturated carbocycles. The molecule has 2 heteroatoms. The van der Waals surface area contributed by atoms with Crippen LogP contribution in [0.15, 0.2) is 47.8 Å². The third-order valence-corrected chi connectivity index (χ3v) is 2.70. The number of hydrogen-bond acceptors (Lipinski definition) is 2. The summed E-state index contributed by atoms with van der Waals surface area (Å²) in [5.74, 6) is 3.76. The molecule has 0 aliphatic carbocycles. The molecule has 1 nitrogen and oxygen atoms in total. The Labute approximate surface area is 93.3 Å². The summed E-state index contributed by atoms with van der Waals surface area (Å²) >= 11 is 1.71. The first kappa shape index (κ1) is 9.82. The third kappa shape index (κ3) is 3.16. The Kier molecular flexibility index (Phi) is 3.43. The molecule has 0 spiro atoms. The summed E-state index contributed by atoms with van der Waals surface area (Å²) in [7, 11) is 0. The van der Waals surface area contributed by atoms with E-state index in [1.54, 1.807) is 11.3 Å². The van der Waals surface area contributed by atoms with E-state index < -0.39 is 0 Å². The molecule has 15 heavy (non-hydrogen) atoms. The van der Waals surface area contributed by atoms with E-state index in [9.17, 15) is 0 Å². The lowest BCUT2D eigenvalue weighted by atomic mass is 10.3. The third-order valence-electron chi connectivity index (χ3n) is 1.83. The second-order valence-corrected chi connectivity index (χ2v) is 3.98. The Morgan fingerprint density at radius 2 is 1.93 bits per heavy atom. The van der Waals surface area contributed by atoms with Gasteiger partial charge in [0.2, 0.25) is 0 Å². The van der Waals surface area contributed by atoms with Crippen molar-refractivity contribution in [1.29, 1.82) is 0 Å². The highest BCUT2D eigenvalue weighted by atomic mass is 32.1. The zero-order valence-corrected chi connectivity index (χ0v) is 8.96. The van der Waals surface area contributed by atoms with Crippen molar-refractivity contribution in [3.05, 3.63) is 52.7 Å². The van der Waals surface area contributed by atoms with Crippen LogP contribution in [-0.4, -0.2) is 0 Å². The van der Waals surface area contributed by atoms with Crippen LogP contribution < -0.4 is 4.74 Å². The van der Waals surface area contributed by atoms with Crippen molar-refractivity contribution in [3.63, 3.8) is 0 Å². The van der Waals surface area contributed by atoms with Crippen molar-refractivity contribution in [2.75, 3.05) is 0 Å². The zero-order chi connectivity index (χ0) is 10.3. The van der Waals surface area contributed by atoms with Crippen molar-refractivity contribution in [2.45, 2.75) is 6.42 Å². The van der Waals surface area contributed by atoms with Crippen LogP contribution in [-0.2, 0) is 6.42 Å². The summed E-state index contributed by atoms with van der Waals surface area (Å²) in [5, 5.41) is 2.05. The molecular weight excluding hydrogens is 204 g/mol. The minimum atomic E-state index is 0.754. The van der Waals surface area contributed by atoms with Gasteiger partial charge in [-0.1, -0.05) is 30.2 Å². The molecule has 1 heterocycles. The number of para-hydroxylation sites is 1. The van der Waals surface area contributed by atoms with Crippen LogP contribution >= 0.6 is 11.3 Å². The molecule has 74 valence electrons. The molecule has 0 bridgehead atoms. The van der Waals surface area contributed by atoms with Crippen molar-refractivity contribution in [3.8, 4) is 17.8 Å². The van der Waals surface area contributed by atoms with E-state index in [1.807, 2.05) is 36.4 Å². The van der Waals surface area contributed by atoms with E-state index in [1.165, 1.54) is 4.88 Å². The van der Waals surface area contributed by atoms with E-state index in [0.29, 0.717) is 0 Å². The highest BCUT2D eigenvalue weighted by molar-refractivity contribution is 7.09. The summed E-state index contributed by atoms with van der Waals surface area (Å²) in [4.78, 5) is 1.26. The van der Waals surface area contributed by atoms with Crippen LogP contribution in [0.1, 0.15) is 4.88 Å². The average molecular weight is 214 g/mol. The predicted molar refractivity (Wildman–Crippen MR) is 62.9 cm³/mol. The van der Waals surface area contributed by atoms with Crippen molar-refractivity contribution >= 4 is 11.3 Å². The maximum Gasteiger partial charge on any atom is 0.140 e. The molecule has 1 aromatic carbocycles. The fourth-order valence-electron chi connectivity index (χ4n) is 1.12. The number of hydrogen-bond donors (Lipinski definition) is 0. The largest absolute Gasteiger partial charge is 0.408 e. The van der Waals surface area contributed by atoms with Crippen molar-refractivity contribution in [1.82, 2.24) is 0 Å². The standard InChI is InChI=1S/C13H10OS/c1-2-6-12(7-3-1)14-10-4-8-13-9-5-11-15-13/h1-3,5-7,9,11H,8H2.